The van der Waals surface area contributed by atoms with Crippen LogP contribution in [0.2, 0.25) is 0 Å². The maximum Gasteiger partial charge on any atom is 0.271 e. The van der Waals surface area contributed by atoms with Crippen molar-refractivity contribution >= 4 is 23.1 Å². The van der Waals surface area contributed by atoms with Gasteiger partial charge in [0.2, 0.25) is 0 Å². The highest BCUT2D eigenvalue weighted by molar-refractivity contribution is 7.99. The Labute approximate surface area is 119 Å². The van der Waals surface area contributed by atoms with Gasteiger partial charge in [0, 0.05) is 32.5 Å². The van der Waals surface area contributed by atoms with Crippen LogP contribution in [-0.2, 0) is 0 Å². The molecule has 2 aromatic carbocycles. The average Bonchev–Trinajstić information content (AvgIpc) is 2.41. The van der Waals surface area contributed by atoms with Gasteiger partial charge < -0.3 is 0 Å². The van der Waals surface area contributed by atoms with E-state index in [0.29, 0.717) is 4.90 Å². The van der Waals surface area contributed by atoms with Crippen LogP contribution in [0.25, 0.3) is 10.4 Å². The minimum Gasteiger partial charge on any atom is -0.258 e. The van der Waals surface area contributed by atoms with Gasteiger partial charge in [-0.05, 0) is 30.7 Å². The third kappa shape index (κ3) is 3.50. The van der Waals surface area contributed by atoms with Gasteiger partial charge in [-0.2, -0.15) is 0 Å². The second-order valence-electron chi connectivity index (χ2n) is 4.05. The zero-order chi connectivity index (χ0) is 14.5. The highest BCUT2D eigenvalue weighted by atomic mass is 32.2. The van der Waals surface area contributed by atoms with E-state index in [0.717, 1.165) is 10.5 Å². The third-order valence-corrected chi connectivity index (χ3v) is 3.48. The molecule has 0 atom stereocenters. The van der Waals surface area contributed by atoms with Crippen LogP contribution in [0.4, 0.5) is 11.4 Å². The number of hydrogen-bond donors (Lipinski definition) is 0. The van der Waals surface area contributed by atoms with Crippen LogP contribution in [-0.4, -0.2) is 4.92 Å². The number of nitro benzene ring substituents is 1. The van der Waals surface area contributed by atoms with E-state index in [9.17, 15) is 10.1 Å². The Kier molecular flexibility index (Phi) is 4.24. The lowest BCUT2D eigenvalue weighted by atomic mass is 10.2. The van der Waals surface area contributed by atoms with Gasteiger partial charge in [-0.25, -0.2) is 0 Å². The van der Waals surface area contributed by atoms with Gasteiger partial charge in [0.25, 0.3) is 5.69 Å². The summed E-state index contributed by atoms with van der Waals surface area (Å²) in [6, 6.07) is 12.1. The quantitative estimate of drug-likeness (QED) is 0.260. The standard InChI is InChI=1S/C13H10N4O2S/c1-9-2-4-12(5-3-9)20-13-7-10(15-16-14)6-11(8-13)17(18)19/h2-8H,1H3. The fraction of sp³-hybridized carbons (Fsp3) is 0.0769. The molecule has 0 saturated heterocycles. The monoisotopic (exact) mass is 286 g/mol. The smallest absolute Gasteiger partial charge is 0.258 e. The molecule has 0 amide bonds. The molecule has 2 aromatic rings. The summed E-state index contributed by atoms with van der Waals surface area (Å²) in [6.07, 6.45) is 0. The zero-order valence-corrected chi connectivity index (χ0v) is 11.4. The van der Waals surface area contributed by atoms with E-state index in [1.54, 1.807) is 6.07 Å². The lowest BCUT2D eigenvalue weighted by Gasteiger charge is -2.03. The summed E-state index contributed by atoms with van der Waals surface area (Å²) >= 11 is 1.38. The van der Waals surface area contributed by atoms with Crippen LogP contribution < -0.4 is 0 Å². The molecule has 0 bridgehead atoms. The second kappa shape index (κ2) is 6.10. The number of hydrogen-bond acceptors (Lipinski definition) is 4. The van der Waals surface area contributed by atoms with E-state index in [1.165, 1.54) is 23.9 Å². The van der Waals surface area contributed by atoms with Crippen molar-refractivity contribution in [3.8, 4) is 0 Å². The van der Waals surface area contributed by atoms with Gasteiger partial charge in [0.15, 0.2) is 0 Å². The number of aryl methyl sites for hydroxylation is 1. The molecule has 2 rings (SSSR count). The average molecular weight is 286 g/mol. The third-order valence-electron chi connectivity index (χ3n) is 2.50. The van der Waals surface area contributed by atoms with E-state index >= 15 is 0 Å². The maximum absolute atomic E-state index is 10.9. The van der Waals surface area contributed by atoms with Crippen molar-refractivity contribution < 1.29 is 4.92 Å². The molecule has 0 aromatic heterocycles. The topological polar surface area (TPSA) is 91.9 Å². The Bertz CT molecular complexity index is 674. The van der Waals surface area contributed by atoms with Gasteiger partial charge in [-0.3, -0.25) is 10.1 Å². The summed E-state index contributed by atoms with van der Waals surface area (Å²) in [5, 5.41) is 14.3. The van der Waals surface area contributed by atoms with Gasteiger partial charge in [0.05, 0.1) is 4.92 Å². The molecule has 20 heavy (non-hydrogen) atoms. The van der Waals surface area contributed by atoms with Crippen molar-refractivity contribution in [1.29, 1.82) is 0 Å². The molecule has 0 fully saturated rings. The fourth-order valence-electron chi connectivity index (χ4n) is 1.58. The molecule has 0 aliphatic rings. The summed E-state index contributed by atoms with van der Waals surface area (Å²) in [5.74, 6) is 0. The second-order valence-corrected chi connectivity index (χ2v) is 5.19. The van der Waals surface area contributed by atoms with Crippen molar-refractivity contribution in [3.63, 3.8) is 0 Å². The first kappa shape index (κ1) is 13.9. The van der Waals surface area contributed by atoms with Crippen LogP contribution in [0.1, 0.15) is 5.56 Å². The minimum atomic E-state index is -0.504. The molecule has 0 heterocycles. The number of rotatable bonds is 4. The summed E-state index contributed by atoms with van der Waals surface area (Å²) in [5.41, 5.74) is 9.72. The maximum atomic E-state index is 10.9. The lowest BCUT2D eigenvalue weighted by molar-refractivity contribution is -0.385. The molecule has 0 saturated carbocycles. The molecule has 0 unspecified atom stereocenters. The molecule has 0 N–H and O–H groups in total. The Hall–Kier alpha value is -2.50. The summed E-state index contributed by atoms with van der Waals surface area (Å²) in [7, 11) is 0. The van der Waals surface area contributed by atoms with Gasteiger partial charge in [-0.1, -0.05) is 34.6 Å². The van der Waals surface area contributed by atoms with E-state index in [-0.39, 0.29) is 11.4 Å². The fourth-order valence-corrected chi connectivity index (χ4v) is 2.49. The number of benzene rings is 2. The normalized spacial score (nSPS) is 9.85. The van der Waals surface area contributed by atoms with Crippen molar-refractivity contribution in [2.24, 2.45) is 5.11 Å². The SMILES string of the molecule is Cc1ccc(Sc2cc(N=[N+]=[N-])cc([N+](=O)[O-])c2)cc1. The van der Waals surface area contributed by atoms with E-state index < -0.39 is 4.92 Å². The summed E-state index contributed by atoms with van der Waals surface area (Å²) in [6.45, 7) is 1.99. The van der Waals surface area contributed by atoms with Gasteiger partial charge in [0.1, 0.15) is 0 Å². The molecule has 6 nitrogen and oxygen atoms in total. The molecule has 0 spiro atoms. The highest BCUT2D eigenvalue weighted by Gasteiger charge is 2.10. The van der Waals surface area contributed by atoms with Crippen molar-refractivity contribution in [3.05, 3.63) is 68.6 Å². The Balaban J connectivity index is 2.37. The molecular weight excluding hydrogens is 276 g/mol. The number of nitro groups is 1. The van der Waals surface area contributed by atoms with Crippen LogP contribution >= 0.6 is 11.8 Å². The summed E-state index contributed by atoms with van der Waals surface area (Å²) < 4.78 is 0. The number of non-ortho nitro benzene ring substituents is 1. The van der Waals surface area contributed by atoms with E-state index in [4.69, 9.17) is 5.53 Å². The molecule has 0 aliphatic heterocycles. The van der Waals surface area contributed by atoms with Crippen molar-refractivity contribution in [1.82, 2.24) is 0 Å². The van der Waals surface area contributed by atoms with Crippen LogP contribution in [0.5, 0.6) is 0 Å². The van der Waals surface area contributed by atoms with Crippen molar-refractivity contribution in [2.45, 2.75) is 16.7 Å². The van der Waals surface area contributed by atoms with Crippen LogP contribution in [0.15, 0.2) is 57.4 Å². The first-order valence-electron chi connectivity index (χ1n) is 5.67. The predicted octanol–water partition coefficient (Wildman–Crippen LogP) is 5.00. The molecule has 0 aliphatic carbocycles. The van der Waals surface area contributed by atoms with Gasteiger partial charge >= 0.3 is 0 Å². The largest absolute Gasteiger partial charge is 0.271 e. The van der Waals surface area contributed by atoms with Crippen LogP contribution in [0.3, 0.4) is 0 Å². The molecular formula is C13H10N4O2S. The highest BCUT2D eigenvalue weighted by Crippen LogP contribution is 2.34. The Morgan fingerprint density at radius 2 is 1.90 bits per heavy atom. The first-order valence-corrected chi connectivity index (χ1v) is 6.49. The molecule has 7 heteroatoms. The van der Waals surface area contributed by atoms with Crippen molar-refractivity contribution in [2.75, 3.05) is 0 Å². The van der Waals surface area contributed by atoms with Crippen LogP contribution in [0, 0.1) is 17.0 Å². The lowest BCUT2D eigenvalue weighted by Crippen LogP contribution is -1.87. The van der Waals surface area contributed by atoms with E-state index in [1.807, 2.05) is 31.2 Å². The molecule has 0 radical (unpaired) electrons. The predicted molar refractivity (Wildman–Crippen MR) is 77.2 cm³/mol. The number of azide groups is 1. The number of nitrogens with zero attached hydrogens (tertiary/aromatic N) is 4. The minimum absolute atomic E-state index is 0.0930. The van der Waals surface area contributed by atoms with E-state index in [2.05, 4.69) is 10.0 Å². The van der Waals surface area contributed by atoms with Gasteiger partial charge in [-0.15, -0.1) is 0 Å². The molecule has 100 valence electrons. The first-order chi connectivity index (χ1) is 9.58. The Morgan fingerprint density at radius 3 is 2.50 bits per heavy atom. The summed E-state index contributed by atoms with van der Waals surface area (Å²) in [4.78, 5) is 14.6. The zero-order valence-electron chi connectivity index (χ0n) is 10.6. The Morgan fingerprint density at radius 1 is 1.20 bits per heavy atom.